The number of hydrogen-bond acceptors (Lipinski definition) is 2. The van der Waals surface area contributed by atoms with Gasteiger partial charge in [-0.15, -0.1) is 0 Å². The molecule has 1 rings (SSSR count). The standard InChI is InChI=1S/C7H11NS/c1-6-2-7(3-6,4-8)5-9/h5H,1-4,8H2. The van der Waals surface area contributed by atoms with Gasteiger partial charge in [-0.25, -0.2) is 0 Å². The van der Waals surface area contributed by atoms with E-state index in [0.717, 1.165) is 12.8 Å². The maximum Gasteiger partial charge on any atom is 0.0183 e. The van der Waals surface area contributed by atoms with Gasteiger partial charge in [-0.1, -0.05) is 24.4 Å². The number of nitrogens with two attached hydrogens (primary N) is 1. The second-order valence-electron chi connectivity index (χ2n) is 2.79. The highest BCUT2D eigenvalue weighted by molar-refractivity contribution is 7.79. The summed E-state index contributed by atoms with van der Waals surface area (Å²) in [5.74, 6) is 0. The molecule has 1 aliphatic carbocycles. The van der Waals surface area contributed by atoms with E-state index in [1.807, 2.05) is 0 Å². The van der Waals surface area contributed by atoms with E-state index in [2.05, 4.69) is 6.58 Å². The molecule has 0 bridgehead atoms. The smallest absolute Gasteiger partial charge is 0.0183 e. The first kappa shape index (κ1) is 6.90. The molecule has 1 aliphatic rings. The fourth-order valence-corrected chi connectivity index (χ4v) is 1.48. The molecule has 0 heterocycles. The van der Waals surface area contributed by atoms with Crippen LogP contribution in [0.1, 0.15) is 12.8 Å². The molecular formula is C7H11NS. The molecule has 0 atom stereocenters. The Morgan fingerprint density at radius 1 is 1.78 bits per heavy atom. The van der Waals surface area contributed by atoms with Crippen LogP contribution in [0.4, 0.5) is 0 Å². The molecule has 0 saturated heterocycles. The Morgan fingerprint density at radius 2 is 2.33 bits per heavy atom. The Labute approximate surface area is 60.9 Å². The van der Waals surface area contributed by atoms with Crippen LogP contribution in [0.5, 0.6) is 0 Å². The maximum atomic E-state index is 5.50. The molecule has 0 aromatic heterocycles. The zero-order valence-electron chi connectivity index (χ0n) is 5.39. The van der Waals surface area contributed by atoms with E-state index in [1.54, 1.807) is 5.37 Å². The van der Waals surface area contributed by atoms with Crippen molar-refractivity contribution in [3.63, 3.8) is 0 Å². The minimum absolute atomic E-state index is 0.145. The predicted molar refractivity (Wildman–Crippen MR) is 43.5 cm³/mol. The molecule has 9 heavy (non-hydrogen) atoms. The van der Waals surface area contributed by atoms with E-state index in [0.29, 0.717) is 6.54 Å². The fourth-order valence-electron chi connectivity index (χ4n) is 1.22. The van der Waals surface area contributed by atoms with Crippen molar-refractivity contribution in [3.05, 3.63) is 12.2 Å². The largest absolute Gasteiger partial charge is 0.330 e. The van der Waals surface area contributed by atoms with Crippen LogP contribution in [0.3, 0.4) is 0 Å². The number of thiocarbonyl (C=S) groups is 1. The highest BCUT2D eigenvalue weighted by atomic mass is 32.1. The molecule has 0 aliphatic heterocycles. The van der Waals surface area contributed by atoms with Crippen LogP contribution in [0.25, 0.3) is 0 Å². The lowest BCUT2D eigenvalue weighted by Gasteiger charge is -2.39. The molecule has 2 heteroatoms. The lowest BCUT2D eigenvalue weighted by Crippen LogP contribution is -2.39. The molecule has 50 valence electrons. The second kappa shape index (κ2) is 2.20. The maximum absolute atomic E-state index is 5.50. The van der Waals surface area contributed by atoms with E-state index >= 15 is 0 Å². The van der Waals surface area contributed by atoms with Crippen LogP contribution in [-0.2, 0) is 0 Å². The lowest BCUT2D eigenvalue weighted by atomic mass is 9.67. The third-order valence-electron chi connectivity index (χ3n) is 1.86. The summed E-state index contributed by atoms with van der Waals surface area (Å²) in [6.07, 6.45) is 2.01. The molecule has 0 spiro atoms. The fraction of sp³-hybridized carbons (Fsp3) is 0.571. The molecule has 1 fully saturated rings. The number of hydrogen-bond donors (Lipinski definition) is 1. The molecule has 0 aromatic rings. The SMILES string of the molecule is C=C1CC(C=S)(CN)C1. The average Bonchev–Trinajstić information content (AvgIpc) is 1.81. The summed E-state index contributed by atoms with van der Waals surface area (Å²) in [7, 11) is 0. The van der Waals surface area contributed by atoms with Crippen LogP contribution in [0, 0.1) is 5.41 Å². The summed E-state index contributed by atoms with van der Waals surface area (Å²) in [6, 6.07) is 0. The third kappa shape index (κ3) is 1.05. The summed E-state index contributed by atoms with van der Waals surface area (Å²) in [4.78, 5) is 0. The Kier molecular flexibility index (Phi) is 1.68. The third-order valence-corrected chi connectivity index (χ3v) is 2.36. The lowest BCUT2D eigenvalue weighted by molar-refractivity contribution is 0.347. The second-order valence-corrected chi connectivity index (χ2v) is 3.02. The Morgan fingerprint density at radius 3 is 2.44 bits per heavy atom. The molecule has 0 unspecified atom stereocenters. The van der Waals surface area contributed by atoms with Crippen molar-refractivity contribution in [1.29, 1.82) is 0 Å². The quantitative estimate of drug-likeness (QED) is 0.463. The molecule has 1 nitrogen and oxygen atoms in total. The van der Waals surface area contributed by atoms with E-state index in [9.17, 15) is 0 Å². The summed E-state index contributed by atoms with van der Waals surface area (Å²) in [5, 5.41) is 1.79. The molecule has 0 aromatic carbocycles. The zero-order valence-corrected chi connectivity index (χ0v) is 6.21. The summed E-state index contributed by atoms with van der Waals surface area (Å²) in [6.45, 7) is 4.51. The van der Waals surface area contributed by atoms with Gasteiger partial charge in [0.1, 0.15) is 0 Å². The van der Waals surface area contributed by atoms with Crippen molar-refractivity contribution in [2.75, 3.05) is 6.54 Å². The minimum atomic E-state index is 0.145. The van der Waals surface area contributed by atoms with Gasteiger partial charge in [0.25, 0.3) is 0 Å². The van der Waals surface area contributed by atoms with Gasteiger partial charge in [-0.3, -0.25) is 0 Å². The molecule has 0 amide bonds. The number of rotatable bonds is 2. The number of allylic oxidation sites excluding steroid dienone is 1. The van der Waals surface area contributed by atoms with Crippen molar-refractivity contribution in [2.24, 2.45) is 11.1 Å². The van der Waals surface area contributed by atoms with E-state index in [4.69, 9.17) is 18.0 Å². The highest BCUT2D eigenvalue weighted by Crippen LogP contribution is 2.41. The first-order valence-electron chi connectivity index (χ1n) is 3.05. The van der Waals surface area contributed by atoms with Crippen LogP contribution in [0.2, 0.25) is 0 Å². The van der Waals surface area contributed by atoms with Crippen molar-refractivity contribution in [1.82, 2.24) is 0 Å². The molecule has 2 N–H and O–H groups in total. The van der Waals surface area contributed by atoms with Crippen LogP contribution < -0.4 is 5.73 Å². The summed E-state index contributed by atoms with van der Waals surface area (Å²) in [5.41, 5.74) is 6.93. The topological polar surface area (TPSA) is 26.0 Å². The van der Waals surface area contributed by atoms with Crippen LogP contribution >= 0.6 is 12.2 Å². The van der Waals surface area contributed by atoms with Crippen molar-refractivity contribution < 1.29 is 0 Å². The Bertz CT molecular complexity index is 143. The molecular weight excluding hydrogens is 130 g/mol. The van der Waals surface area contributed by atoms with Gasteiger partial charge in [-0.2, -0.15) is 0 Å². The van der Waals surface area contributed by atoms with E-state index < -0.39 is 0 Å². The normalized spacial score (nSPS) is 23.0. The average molecular weight is 141 g/mol. The molecule has 1 saturated carbocycles. The van der Waals surface area contributed by atoms with E-state index in [1.165, 1.54) is 5.57 Å². The van der Waals surface area contributed by atoms with Gasteiger partial charge in [0, 0.05) is 12.0 Å². The first-order valence-corrected chi connectivity index (χ1v) is 3.53. The van der Waals surface area contributed by atoms with Crippen LogP contribution in [-0.4, -0.2) is 11.9 Å². The van der Waals surface area contributed by atoms with E-state index in [-0.39, 0.29) is 5.41 Å². The summed E-state index contributed by atoms with van der Waals surface area (Å²) >= 11 is 4.84. The van der Waals surface area contributed by atoms with Gasteiger partial charge in [0.15, 0.2) is 0 Å². The Hall–Kier alpha value is -0.210. The monoisotopic (exact) mass is 141 g/mol. The van der Waals surface area contributed by atoms with Gasteiger partial charge in [-0.05, 0) is 18.2 Å². The minimum Gasteiger partial charge on any atom is -0.330 e. The van der Waals surface area contributed by atoms with Gasteiger partial charge >= 0.3 is 0 Å². The first-order chi connectivity index (χ1) is 4.22. The van der Waals surface area contributed by atoms with Gasteiger partial charge in [0.05, 0.1) is 0 Å². The van der Waals surface area contributed by atoms with Crippen molar-refractivity contribution in [2.45, 2.75) is 12.8 Å². The molecule has 0 radical (unpaired) electrons. The Balaban J connectivity index is 2.54. The van der Waals surface area contributed by atoms with Gasteiger partial charge < -0.3 is 5.73 Å². The van der Waals surface area contributed by atoms with Crippen molar-refractivity contribution in [3.8, 4) is 0 Å². The van der Waals surface area contributed by atoms with Gasteiger partial charge in [0.2, 0.25) is 0 Å². The predicted octanol–water partition coefficient (Wildman–Crippen LogP) is 1.28. The van der Waals surface area contributed by atoms with Crippen molar-refractivity contribution >= 4 is 17.6 Å². The summed E-state index contributed by atoms with van der Waals surface area (Å²) < 4.78 is 0. The highest BCUT2D eigenvalue weighted by Gasteiger charge is 2.35. The zero-order chi connectivity index (χ0) is 6.91. The van der Waals surface area contributed by atoms with Crippen LogP contribution in [0.15, 0.2) is 12.2 Å².